The molecular formula is C22H28N4OS. The number of pyridine rings is 1. The fourth-order valence-corrected chi connectivity index (χ4v) is 5.78. The molecule has 6 heteroatoms. The van der Waals surface area contributed by atoms with Gasteiger partial charge in [0, 0.05) is 24.2 Å². The summed E-state index contributed by atoms with van der Waals surface area (Å²) in [6.07, 6.45) is 10.2. The molecule has 28 heavy (non-hydrogen) atoms. The largest absolute Gasteiger partial charge is 0.376 e. The number of anilines is 1. The summed E-state index contributed by atoms with van der Waals surface area (Å²) in [5.41, 5.74) is 5.39. The molecular weight excluding hydrogens is 368 g/mol. The molecule has 0 aromatic carbocycles. The van der Waals surface area contributed by atoms with E-state index in [4.69, 9.17) is 14.7 Å². The molecule has 3 aromatic heterocycles. The van der Waals surface area contributed by atoms with E-state index in [9.17, 15) is 0 Å². The Kier molecular flexibility index (Phi) is 4.93. The van der Waals surface area contributed by atoms with Crippen molar-refractivity contribution in [3.05, 3.63) is 23.1 Å². The number of nitrogens with zero attached hydrogens (tertiary/aromatic N) is 3. The molecule has 0 amide bonds. The lowest BCUT2D eigenvalue weighted by atomic mass is 9.87. The highest BCUT2D eigenvalue weighted by Crippen LogP contribution is 2.41. The second-order valence-corrected chi connectivity index (χ2v) is 9.52. The molecule has 4 heterocycles. The molecule has 1 N–H and O–H groups in total. The van der Waals surface area contributed by atoms with E-state index >= 15 is 0 Å². The summed E-state index contributed by atoms with van der Waals surface area (Å²) < 4.78 is 6.89. The van der Waals surface area contributed by atoms with Crippen LogP contribution < -0.4 is 5.32 Å². The van der Waals surface area contributed by atoms with E-state index in [-0.39, 0.29) is 0 Å². The average Bonchev–Trinajstić information content (AvgIpc) is 3.33. The quantitative estimate of drug-likeness (QED) is 0.664. The number of hydrogen-bond acceptors (Lipinski definition) is 6. The molecule has 0 spiro atoms. The summed E-state index contributed by atoms with van der Waals surface area (Å²) in [5, 5.41) is 4.81. The molecule has 1 atom stereocenters. The lowest BCUT2D eigenvalue weighted by Crippen LogP contribution is -2.18. The van der Waals surface area contributed by atoms with Gasteiger partial charge in [-0.2, -0.15) is 0 Å². The molecule has 148 valence electrons. The zero-order chi connectivity index (χ0) is 19.1. The molecule has 0 bridgehead atoms. The summed E-state index contributed by atoms with van der Waals surface area (Å²) in [6.45, 7) is 6.25. The number of aryl methyl sites for hydroxylation is 1. The van der Waals surface area contributed by atoms with Gasteiger partial charge in [-0.1, -0.05) is 13.8 Å². The normalized spacial score (nSPS) is 19.6. The Morgan fingerprint density at radius 3 is 2.82 bits per heavy atom. The van der Waals surface area contributed by atoms with Crippen molar-refractivity contribution in [2.45, 2.75) is 64.9 Å². The zero-order valence-corrected chi connectivity index (χ0v) is 17.6. The first-order valence-corrected chi connectivity index (χ1v) is 11.5. The van der Waals surface area contributed by atoms with Gasteiger partial charge >= 0.3 is 0 Å². The monoisotopic (exact) mass is 396 g/mol. The Morgan fingerprint density at radius 1 is 1.18 bits per heavy atom. The van der Waals surface area contributed by atoms with Crippen LogP contribution in [0.3, 0.4) is 0 Å². The maximum absolute atomic E-state index is 5.76. The third kappa shape index (κ3) is 3.26. The van der Waals surface area contributed by atoms with Crippen LogP contribution in [0.25, 0.3) is 20.4 Å². The summed E-state index contributed by atoms with van der Waals surface area (Å²) >= 11 is 1.75. The van der Waals surface area contributed by atoms with E-state index in [1.54, 1.807) is 17.7 Å². The van der Waals surface area contributed by atoms with Crippen LogP contribution in [0.2, 0.25) is 0 Å². The molecule has 0 unspecified atom stereocenters. The molecule has 0 saturated carbocycles. The van der Waals surface area contributed by atoms with Crippen LogP contribution in [-0.2, 0) is 24.0 Å². The van der Waals surface area contributed by atoms with Gasteiger partial charge in [0.1, 0.15) is 17.0 Å². The van der Waals surface area contributed by atoms with Crippen LogP contribution >= 0.6 is 11.3 Å². The van der Waals surface area contributed by atoms with Gasteiger partial charge in [0.05, 0.1) is 16.3 Å². The van der Waals surface area contributed by atoms with Crippen molar-refractivity contribution in [1.82, 2.24) is 15.0 Å². The van der Waals surface area contributed by atoms with Gasteiger partial charge in [0.25, 0.3) is 0 Å². The topological polar surface area (TPSA) is 59.9 Å². The molecule has 2 aliphatic rings. The van der Waals surface area contributed by atoms with E-state index < -0.39 is 0 Å². The number of rotatable bonds is 5. The second kappa shape index (κ2) is 7.56. The van der Waals surface area contributed by atoms with E-state index in [1.807, 2.05) is 0 Å². The predicted molar refractivity (Wildman–Crippen MR) is 115 cm³/mol. The Bertz CT molecular complexity index is 1010. The van der Waals surface area contributed by atoms with Gasteiger partial charge in [0.2, 0.25) is 0 Å². The minimum Gasteiger partial charge on any atom is -0.376 e. The Hall–Kier alpha value is -1.79. The lowest BCUT2D eigenvalue weighted by molar-refractivity contribution is 0.120. The maximum Gasteiger partial charge on any atom is 0.147 e. The average molecular weight is 397 g/mol. The zero-order valence-electron chi connectivity index (χ0n) is 16.8. The number of thiophene rings is 1. The summed E-state index contributed by atoms with van der Waals surface area (Å²) in [6, 6.07) is 0. The summed E-state index contributed by atoms with van der Waals surface area (Å²) in [7, 11) is 0. The van der Waals surface area contributed by atoms with Crippen molar-refractivity contribution in [2.24, 2.45) is 5.92 Å². The van der Waals surface area contributed by atoms with Gasteiger partial charge in [0.15, 0.2) is 0 Å². The van der Waals surface area contributed by atoms with Crippen molar-refractivity contribution in [3.8, 4) is 0 Å². The van der Waals surface area contributed by atoms with Gasteiger partial charge in [-0.15, -0.1) is 11.3 Å². The predicted octanol–water partition coefficient (Wildman–Crippen LogP) is 4.91. The Morgan fingerprint density at radius 2 is 2.04 bits per heavy atom. The van der Waals surface area contributed by atoms with Crippen LogP contribution in [0.4, 0.5) is 5.82 Å². The van der Waals surface area contributed by atoms with Gasteiger partial charge in [-0.05, 0) is 62.0 Å². The highest BCUT2D eigenvalue weighted by atomic mass is 32.1. The van der Waals surface area contributed by atoms with Crippen LogP contribution in [-0.4, -0.2) is 34.2 Å². The number of fused-ring (bicyclic) bond motifs is 5. The number of nitrogens with one attached hydrogen (secondary N) is 1. The standard InChI is InChI=1S/C22H28N4OS/c1-13(2)10-17-15-7-3-4-8-16(15)18-19-20(28-22(18)26-17)21(25-12-24-19)23-11-14-6-5-9-27-14/h12-14H,3-11H2,1-2H3,(H,23,24,25)/t14-/m1/s1. The molecule has 1 aliphatic heterocycles. The third-order valence-electron chi connectivity index (χ3n) is 5.93. The lowest BCUT2D eigenvalue weighted by Gasteiger charge is -2.20. The van der Waals surface area contributed by atoms with E-state index in [2.05, 4.69) is 24.1 Å². The summed E-state index contributed by atoms with van der Waals surface area (Å²) in [4.78, 5) is 15.5. The SMILES string of the molecule is CC(C)Cc1nc2sc3c(NC[C@H]4CCCO4)ncnc3c2c2c1CCCC2. The number of ether oxygens (including phenoxy) is 1. The van der Waals surface area contributed by atoms with Crippen molar-refractivity contribution in [3.63, 3.8) is 0 Å². The Balaban J connectivity index is 1.61. The molecule has 0 radical (unpaired) electrons. The molecule has 3 aromatic rings. The van der Waals surface area contributed by atoms with Crippen molar-refractivity contribution >= 4 is 37.6 Å². The second-order valence-electron chi connectivity index (χ2n) is 8.52. The van der Waals surface area contributed by atoms with E-state index in [0.29, 0.717) is 12.0 Å². The molecule has 1 saturated heterocycles. The minimum absolute atomic E-state index is 0.294. The van der Waals surface area contributed by atoms with Crippen LogP contribution in [0.1, 0.15) is 56.4 Å². The van der Waals surface area contributed by atoms with Crippen molar-refractivity contribution < 1.29 is 4.74 Å². The fourth-order valence-electron chi connectivity index (χ4n) is 4.64. The first-order valence-electron chi connectivity index (χ1n) is 10.6. The van der Waals surface area contributed by atoms with E-state index in [1.165, 1.54) is 35.0 Å². The van der Waals surface area contributed by atoms with Gasteiger partial charge < -0.3 is 10.1 Å². The third-order valence-corrected chi connectivity index (χ3v) is 7.01. The van der Waals surface area contributed by atoms with E-state index in [0.717, 1.165) is 66.1 Å². The number of hydrogen-bond donors (Lipinski definition) is 1. The number of aromatic nitrogens is 3. The minimum atomic E-state index is 0.294. The molecule has 5 nitrogen and oxygen atoms in total. The Labute approximate surface area is 169 Å². The highest BCUT2D eigenvalue weighted by Gasteiger charge is 2.24. The maximum atomic E-state index is 5.76. The van der Waals surface area contributed by atoms with Crippen molar-refractivity contribution in [1.29, 1.82) is 0 Å². The van der Waals surface area contributed by atoms with Crippen LogP contribution in [0, 0.1) is 5.92 Å². The first kappa shape index (κ1) is 18.3. The van der Waals surface area contributed by atoms with Gasteiger partial charge in [-0.25, -0.2) is 15.0 Å². The highest BCUT2D eigenvalue weighted by molar-refractivity contribution is 7.26. The molecule has 5 rings (SSSR count). The fraction of sp³-hybridized carbons (Fsp3) is 0.591. The van der Waals surface area contributed by atoms with Gasteiger partial charge in [-0.3, -0.25) is 0 Å². The first-order chi connectivity index (χ1) is 13.7. The molecule has 1 aliphatic carbocycles. The van der Waals surface area contributed by atoms with Crippen LogP contribution in [0.5, 0.6) is 0 Å². The summed E-state index contributed by atoms with van der Waals surface area (Å²) in [5.74, 6) is 1.55. The van der Waals surface area contributed by atoms with Crippen molar-refractivity contribution in [2.75, 3.05) is 18.5 Å². The smallest absolute Gasteiger partial charge is 0.147 e. The van der Waals surface area contributed by atoms with Crippen LogP contribution in [0.15, 0.2) is 6.33 Å². The molecule has 1 fully saturated rings.